The number of aromatic nitrogens is 3. The van der Waals surface area contributed by atoms with Crippen molar-refractivity contribution in [2.24, 2.45) is 0 Å². The zero-order valence-electron chi connectivity index (χ0n) is 9.22. The van der Waals surface area contributed by atoms with Crippen LogP contribution in [0.4, 0.5) is 5.88 Å². The number of hydrogen-bond donors (Lipinski definition) is 2. The fourth-order valence-electron chi connectivity index (χ4n) is 1.80. The van der Waals surface area contributed by atoms with Gasteiger partial charge in [0, 0.05) is 21.8 Å². The van der Waals surface area contributed by atoms with Crippen molar-refractivity contribution in [2.45, 2.75) is 0 Å². The van der Waals surface area contributed by atoms with Crippen molar-refractivity contribution in [1.29, 1.82) is 0 Å². The van der Waals surface area contributed by atoms with Crippen LogP contribution in [-0.2, 0) is 0 Å². The van der Waals surface area contributed by atoms with Crippen LogP contribution in [0.3, 0.4) is 0 Å². The molecule has 3 rings (SSSR count). The molecule has 0 radical (unpaired) electrons. The van der Waals surface area contributed by atoms with E-state index in [1.54, 1.807) is 12.4 Å². The summed E-state index contributed by atoms with van der Waals surface area (Å²) in [6, 6.07) is 7.78. The first-order valence-corrected chi connectivity index (χ1v) is 6.06. The summed E-state index contributed by atoms with van der Waals surface area (Å²) in [5.41, 5.74) is 9.08. The highest BCUT2D eigenvalue weighted by Gasteiger charge is 2.19. The monoisotopic (exact) mass is 304 g/mol. The predicted molar refractivity (Wildman–Crippen MR) is 71.6 cm³/mol. The molecule has 6 heteroatoms. The molecule has 1 aromatic carbocycles. The maximum atomic E-state index is 5.87. The highest BCUT2D eigenvalue weighted by molar-refractivity contribution is 9.10. The summed E-state index contributed by atoms with van der Waals surface area (Å²) in [5, 5.41) is 10.6. The lowest BCUT2D eigenvalue weighted by Crippen LogP contribution is -1.88. The lowest BCUT2D eigenvalue weighted by molar-refractivity contribution is 0.439. The largest absolute Gasteiger partial charge is 0.367 e. The Morgan fingerprint density at radius 1 is 1.28 bits per heavy atom. The van der Waals surface area contributed by atoms with Crippen LogP contribution >= 0.6 is 15.9 Å². The average Bonchev–Trinajstić information content (AvgIpc) is 2.99. The summed E-state index contributed by atoms with van der Waals surface area (Å²) in [5.74, 6) is 0.290. The molecule has 18 heavy (non-hydrogen) atoms. The number of nitrogens with two attached hydrogens (primary N) is 1. The molecule has 0 saturated heterocycles. The second-order valence-electron chi connectivity index (χ2n) is 3.74. The number of hydrogen-bond acceptors (Lipinski definition) is 4. The van der Waals surface area contributed by atoms with E-state index in [1.165, 1.54) is 0 Å². The molecular formula is C12H9BrN4O. The summed E-state index contributed by atoms with van der Waals surface area (Å²) in [6.07, 6.45) is 3.43. The number of aromatic amines is 1. The Bertz CT molecular complexity index is 675. The van der Waals surface area contributed by atoms with Gasteiger partial charge in [-0.2, -0.15) is 5.10 Å². The van der Waals surface area contributed by atoms with Gasteiger partial charge >= 0.3 is 0 Å². The van der Waals surface area contributed by atoms with Crippen LogP contribution in [0.25, 0.3) is 22.4 Å². The molecule has 0 aliphatic heterocycles. The standard InChI is InChI=1S/C12H9BrN4O/c13-9-4-2-1-3-8(9)10-11(17-18-12(10)14)7-5-15-16-6-7/h1-6H,14H2,(H,15,16). The van der Waals surface area contributed by atoms with Gasteiger partial charge in [0.05, 0.1) is 11.8 Å². The van der Waals surface area contributed by atoms with Crippen molar-refractivity contribution in [3.05, 3.63) is 41.1 Å². The molecule has 0 aliphatic carbocycles. The number of rotatable bonds is 2. The van der Waals surface area contributed by atoms with E-state index in [1.807, 2.05) is 24.3 Å². The van der Waals surface area contributed by atoms with E-state index in [9.17, 15) is 0 Å². The molecule has 0 saturated carbocycles. The van der Waals surface area contributed by atoms with E-state index in [-0.39, 0.29) is 5.88 Å². The molecule has 0 spiro atoms. The molecule has 0 unspecified atom stereocenters. The minimum atomic E-state index is 0.290. The van der Waals surface area contributed by atoms with Crippen LogP contribution in [0.5, 0.6) is 0 Å². The summed E-state index contributed by atoms with van der Waals surface area (Å²) in [4.78, 5) is 0. The lowest BCUT2D eigenvalue weighted by atomic mass is 10.0. The van der Waals surface area contributed by atoms with E-state index in [0.29, 0.717) is 5.69 Å². The number of benzene rings is 1. The van der Waals surface area contributed by atoms with Gasteiger partial charge in [0.15, 0.2) is 0 Å². The van der Waals surface area contributed by atoms with Gasteiger partial charge in [0.25, 0.3) is 0 Å². The van der Waals surface area contributed by atoms with Gasteiger partial charge in [-0.3, -0.25) is 5.10 Å². The molecule has 0 bridgehead atoms. The Labute approximate surface area is 111 Å². The van der Waals surface area contributed by atoms with Gasteiger partial charge in [-0.15, -0.1) is 0 Å². The van der Waals surface area contributed by atoms with Crippen molar-refractivity contribution in [1.82, 2.24) is 15.4 Å². The zero-order chi connectivity index (χ0) is 12.5. The maximum Gasteiger partial charge on any atom is 0.230 e. The fourth-order valence-corrected chi connectivity index (χ4v) is 2.29. The summed E-state index contributed by atoms with van der Waals surface area (Å²) in [7, 11) is 0. The highest BCUT2D eigenvalue weighted by Crippen LogP contribution is 2.39. The minimum absolute atomic E-state index is 0.290. The Balaban J connectivity index is 2.24. The molecule has 0 amide bonds. The third-order valence-electron chi connectivity index (χ3n) is 2.63. The first kappa shape index (κ1) is 11.0. The smallest absolute Gasteiger partial charge is 0.230 e. The van der Waals surface area contributed by atoms with Gasteiger partial charge in [0.2, 0.25) is 5.88 Å². The fraction of sp³-hybridized carbons (Fsp3) is 0. The second kappa shape index (κ2) is 4.30. The number of nitrogens with one attached hydrogen (secondary N) is 1. The van der Waals surface area contributed by atoms with Crippen molar-refractivity contribution >= 4 is 21.8 Å². The average molecular weight is 305 g/mol. The van der Waals surface area contributed by atoms with Gasteiger partial charge < -0.3 is 10.3 Å². The molecule has 0 fully saturated rings. The minimum Gasteiger partial charge on any atom is -0.367 e. The van der Waals surface area contributed by atoms with Crippen LogP contribution in [0.2, 0.25) is 0 Å². The third-order valence-corrected chi connectivity index (χ3v) is 3.32. The summed E-state index contributed by atoms with van der Waals surface area (Å²) < 4.78 is 6.03. The van der Waals surface area contributed by atoms with E-state index < -0.39 is 0 Å². The Morgan fingerprint density at radius 3 is 2.83 bits per heavy atom. The van der Waals surface area contributed by atoms with Crippen LogP contribution < -0.4 is 5.73 Å². The normalized spacial score (nSPS) is 10.7. The van der Waals surface area contributed by atoms with Crippen LogP contribution in [-0.4, -0.2) is 15.4 Å². The number of anilines is 1. The predicted octanol–water partition coefficient (Wildman–Crippen LogP) is 3.08. The van der Waals surface area contributed by atoms with Gasteiger partial charge in [0.1, 0.15) is 5.69 Å². The second-order valence-corrected chi connectivity index (χ2v) is 4.59. The van der Waals surface area contributed by atoms with E-state index >= 15 is 0 Å². The van der Waals surface area contributed by atoms with Gasteiger partial charge in [-0.1, -0.05) is 39.3 Å². The molecule has 2 aromatic heterocycles. The van der Waals surface area contributed by atoms with Crippen molar-refractivity contribution in [2.75, 3.05) is 5.73 Å². The lowest BCUT2D eigenvalue weighted by Gasteiger charge is -2.03. The van der Waals surface area contributed by atoms with E-state index in [0.717, 1.165) is 21.2 Å². The quantitative estimate of drug-likeness (QED) is 0.762. The van der Waals surface area contributed by atoms with Crippen molar-refractivity contribution in [3.8, 4) is 22.4 Å². The molecule has 0 aliphatic rings. The first-order valence-electron chi connectivity index (χ1n) is 5.26. The number of H-pyrrole nitrogens is 1. The molecule has 5 nitrogen and oxygen atoms in total. The Morgan fingerprint density at radius 2 is 2.11 bits per heavy atom. The van der Waals surface area contributed by atoms with Crippen LogP contribution in [0.15, 0.2) is 45.7 Å². The van der Waals surface area contributed by atoms with E-state index in [2.05, 4.69) is 31.3 Å². The Hall–Kier alpha value is -2.08. The maximum absolute atomic E-state index is 5.87. The number of halogens is 1. The third kappa shape index (κ3) is 1.70. The SMILES string of the molecule is Nc1onc(-c2cn[nH]c2)c1-c1ccccc1Br. The first-order chi connectivity index (χ1) is 8.77. The zero-order valence-corrected chi connectivity index (χ0v) is 10.8. The molecule has 90 valence electrons. The summed E-state index contributed by atoms with van der Waals surface area (Å²) >= 11 is 3.50. The van der Waals surface area contributed by atoms with Gasteiger partial charge in [-0.05, 0) is 6.07 Å². The van der Waals surface area contributed by atoms with Crippen LogP contribution in [0, 0.1) is 0 Å². The van der Waals surface area contributed by atoms with Crippen molar-refractivity contribution in [3.63, 3.8) is 0 Å². The van der Waals surface area contributed by atoms with E-state index in [4.69, 9.17) is 10.3 Å². The van der Waals surface area contributed by atoms with Crippen molar-refractivity contribution < 1.29 is 4.52 Å². The van der Waals surface area contributed by atoms with Crippen LogP contribution in [0.1, 0.15) is 0 Å². The topological polar surface area (TPSA) is 80.7 Å². The molecule has 2 heterocycles. The molecule has 0 atom stereocenters. The highest BCUT2D eigenvalue weighted by atomic mass is 79.9. The Kier molecular flexibility index (Phi) is 2.64. The van der Waals surface area contributed by atoms with Gasteiger partial charge in [-0.25, -0.2) is 0 Å². The number of nitrogen functional groups attached to an aromatic ring is 1. The number of nitrogens with zero attached hydrogens (tertiary/aromatic N) is 2. The molecule has 3 N–H and O–H groups in total. The molecular weight excluding hydrogens is 296 g/mol. The molecule has 3 aromatic rings. The summed E-state index contributed by atoms with van der Waals surface area (Å²) in [6.45, 7) is 0.